The van der Waals surface area contributed by atoms with Gasteiger partial charge in [-0.15, -0.1) is 0 Å². The van der Waals surface area contributed by atoms with E-state index < -0.39 is 17.8 Å². The number of pyridine rings is 1. The topological polar surface area (TPSA) is 79.1 Å². The molecule has 7 nitrogen and oxygen atoms in total. The maximum absolute atomic E-state index is 12.9. The Morgan fingerprint density at radius 2 is 2.04 bits per heavy atom. The number of ether oxygens (including phenoxy) is 2. The van der Waals surface area contributed by atoms with E-state index >= 15 is 0 Å². The molecule has 0 bridgehead atoms. The molecule has 0 aliphatic carbocycles. The van der Waals surface area contributed by atoms with Crippen molar-refractivity contribution in [3.05, 3.63) is 47.3 Å². The summed E-state index contributed by atoms with van der Waals surface area (Å²) in [5.41, 5.74) is -1.37. The lowest BCUT2D eigenvalue weighted by Gasteiger charge is -2.12. The van der Waals surface area contributed by atoms with Crippen LogP contribution in [0.2, 0.25) is 0 Å². The molecule has 0 aliphatic heterocycles. The van der Waals surface area contributed by atoms with Crippen LogP contribution in [0.1, 0.15) is 40.3 Å². The van der Waals surface area contributed by atoms with Gasteiger partial charge in [0.05, 0.1) is 24.5 Å². The third kappa shape index (κ3) is 4.66. The van der Waals surface area contributed by atoms with E-state index in [4.69, 9.17) is 9.47 Å². The number of hydrogen-bond acceptors (Lipinski definition) is 6. The molecule has 2 aromatic heterocycles. The predicted octanol–water partition coefficient (Wildman–Crippen LogP) is 2.77. The third-order valence-electron chi connectivity index (χ3n) is 3.25. The summed E-state index contributed by atoms with van der Waals surface area (Å²) in [4.78, 5) is 19.5. The van der Waals surface area contributed by atoms with Gasteiger partial charge in [0.2, 0.25) is 0 Å². The van der Waals surface area contributed by atoms with Gasteiger partial charge in [0.25, 0.3) is 0 Å². The van der Waals surface area contributed by atoms with Gasteiger partial charge in [0.1, 0.15) is 18.1 Å². The van der Waals surface area contributed by atoms with Crippen molar-refractivity contribution in [2.24, 2.45) is 7.05 Å². The summed E-state index contributed by atoms with van der Waals surface area (Å²) in [5.74, 6) is 0.0808. The molecule has 2 aromatic rings. The molecular formula is C16H17F3N4O3. The number of carbonyl (C=O) groups excluding carboxylic acids is 1. The Balaban J connectivity index is 2.18. The number of carbonyl (C=O) groups is 1. The standard InChI is InChI=1S/C16H17F3N4O3/c1-4-14-21-13(22-23(14)3)9-25-8-11-10(15(24)26-5-2)6-7-12(20-11)16(17,18)19/h4,6-7H,1,5,8-9H2,2-3H3. The first-order chi connectivity index (χ1) is 12.3. The van der Waals surface area contributed by atoms with Gasteiger partial charge in [-0.25, -0.2) is 19.4 Å². The second-order valence-electron chi connectivity index (χ2n) is 5.12. The normalized spacial score (nSPS) is 11.4. The van der Waals surface area contributed by atoms with Crippen molar-refractivity contribution in [3.63, 3.8) is 0 Å². The predicted molar refractivity (Wildman–Crippen MR) is 84.8 cm³/mol. The summed E-state index contributed by atoms with van der Waals surface area (Å²) in [6.07, 6.45) is -3.13. The number of alkyl halides is 3. The highest BCUT2D eigenvalue weighted by molar-refractivity contribution is 5.90. The second-order valence-corrected chi connectivity index (χ2v) is 5.12. The van der Waals surface area contributed by atoms with Crippen LogP contribution >= 0.6 is 0 Å². The van der Waals surface area contributed by atoms with Crippen LogP contribution in [0.15, 0.2) is 18.7 Å². The highest BCUT2D eigenvalue weighted by Crippen LogP contribution is 2.28. The van der Waals surface area contributed by atoms with E-state index in [0.717, 1.165) is 12.1 Å². The Morgan fingerprint density at radius 1 is 1.31 bits per heavy atom. The third-order valence-corrected chi connectivity index (χ3v) is 3.25. The van der Waals surface area contributed by atoms with Crippen LogP contribution in [0, 0.1) is 0 Å². The molecule has 0 spiro atoms. The average molecular weight is 370 g/mol. The summed E-state index contributed by atoms with van der Waals surface area (Å²) < 4.78 is 50.3. The van der Waals surface area contributed by atoms with Crippen LogP contribution in [0.4, 0.5) is 13.2 Å². The van der Waals surface area contributed by atoms with E-state index in [1.807, 2.05) is 0 Å². The summed E-state index contributed by atoms with van der Waals surface area (Å²) in [6.45, 7) is 4.86. The first-order valence-electron chi connectivity index (χ1n) is 7.60. The van der Waals surface area contributed by atoms with Crippen molar-refractivity contribution in [1.82, 2.24) is 19.7 Å². The van der Waals surface area contributed by atoms with Crippen LogP contribution in [0.3, 0.4) is 0 Å². The number of hydrogen-bond donors (Lipinski definition) is 0. The molecule has 0 saturated heterocycles. The molecule has 0 fully saturated rings. The maximum Gasteiger partial charge on any atom is 0.433 e. The second kappa shape index (κ2) is 8.09. The zero-order valence-electron chi connectivity index (χ0n) is 14.2. The summed E-state index contributed by atoms with van der Waals surface area (Å²) >= 11 is 0. The van der Waals surface area contributed by atoms with E-state index in [1.54, 1.807) is 14.0 Å². The van der Waals surface area contributed by atoms with Crippen molar-refractivity contribution in [2.45, 2.75) is 26.3 Å². The zero-order valence-corrected chi connectivity index (χ0v) is 14.2. The van der Waals surface area contributed by atoms with E-state index in [9.17, 15) is 18.0 Å². The van der Waals surface area contributed by atoms with Gasteiger partial charge in [-0.05, 0) is 25.1 Å². The highest BCUT2D eigenvalue weighted by atomic mass is 19.4. The molecule has 26 heavy (non-hydrogen) atoms. The lowest BCUT2D eigenvalue weighted by atomic mass is 10.1. The van der Waals surface area contributed by atoms with Gasteiger partial charge in [0, 0.05) is 7.05 Å². The van der Waals surface area contributed by atoms with E-state index in [2.05, 4.69) is 21.6 Å². The van der Waals surface area contributed by atoms with Crippen LogP contribution < -0.4 is 0 Å². The summed E-state index contributed by atoms with van der Waals surface area (Å²) in [6, 6.07) is 1.76. The number of aromatic nitrogens is 4. The first kappa shape index (κ1) is 19.6. The van der Waals surface area contributed by atoms with Crippen LogP contribution in [-0.4, -0.2) is 32.3 Å². The van der Waals surface area contributed by atoms with Crippen molar-refractivity contribution in [3.8, 4) is 0 Å². The lowest BCUT2D eigenvalue weighted by molar-refractivity contribution is -0.141. The first-order valence-corrected chi connectivity index (χ1v) is 7.60. The van der Waals surface area contributed by atoms with Crippen molar-refractivity contribution < 1.29 is 27.4 Å². The van der Waals surface area contributed by atoms with Crippen molar-refractivity contribution >= 4 is 12.0 Å². The fourth-order valence-electron chi connectivity index (χ4n) is 2.09. The molecule has 0 atom stereocenters. The molecule has 0 radical (unpaired) electrons. The van der Waals surface area contributed by atoms with Gasteiger partial charge in [0.15, 0.2) is 5.82 Å². The molecule has 0 saturated carbocycles. The fourth-order valence-corrected chi connectivity index (χ4v) is 2.09. The monoisotopic (exact) mass is 370 g/mol. The summed E-state index contributed by atoms with van der Waals surface area (Å²) in [5, 5.41) is 4.07. The van der Waals surface area contributed by atoms with E-state index in [1.165, 1.54) is 10.8 Å². The van der Waals surface area contributed by atoms with Gasteiger partial charge in [-0.2, -0.15) is 18.3 Å². The average Bonchev–Trinajstić information content (AvgIpc) is 2.94. The Hall–Kier alpha value is -2.75. The lowest BCUT2D eigenvalue weighted by Crippen LogP contribution is -2.15. The largest absolute Gasteiger partial charge is 0.462 e. The number of nitrogens with zero attached hydrogens (tertiary/aromatic N) is 4. The van der Waals surface area contributed by atoms with E-state index in [-0.39, 0.29) is 31.1 Å². The Labute approximate surface area is 147 Å². The molecule has 140 valence electrons. The van der Waals surface area contributed by atoms with Crippen molar-refractivity contribution in [1.29, 1.82) is 0 Å². The maximum atomic E-state index is 12.9. The van der Waals surface area contributed by atoms with Crippen LogP contribution in [0.25, 0.3) is 6.08 Å². The van der Waals surface area contributed by atoms with Gasteiger partial charge >= 0.3 is 12.1 Å². The minimum absolute atomic E-state index is 0.0676. The van der Waals surface area contributed by atoms with Gasteiger partial charge in [-0.1, -0.05) is 6.58 Å². The fraction of sp³-hybridized carbons (Fsp3) is 0.375. The minimum Gasteiger partial charge on any atom is -0.462 e. The highest BCUT2D eigenvalue weighted by Gasteiger charge is 2.33. The Kier molecular flexibility index (Phi) is 6.09. The van der Waals surface area contributed by atoms with E-state index in [0.29, 0.717) is 11.6 Å². The SMILES string of the molecule is C=Cc1nc(COCc2nc(C(F)(F)F)ccc2C(=O)OCC)nn1C. The summed E-state index contributed by atoms with van der Waals surface area (Å²) in [7, 11) is 1.67. The zero-order chi connectivity index (χ0) is 19.3. The molecule has 0 amide bonds. The molecule has 0 N–H and O–H groups in total. The molecule has 2 rings (SSSR count). The number of halogens is 3. The molecule has 2 heterocycles. The Morgan fingerprint density at radius 3 is 2.62 bits per heavy atom. The van der Waals surface area contributed by atoms with Gasteiger partial charge < -0.3 is 9.47 Å². The molecule has 0 aliphatic rings. The minimum atomic E-state index is -4.64. The van der Waals surface area contributed by atoms with Crippen LogP contribution in [0.5, 0.6) is 0 Å². The molecule has 0 aromatic carbocycles. The van der Waals surface area contributed by atoms with Crippen LogP contribution in [-0.2, 0) is 35.9 Å². The number of rotatable bonds is 7. The Bertz CT molecular complexity index is 803. The molecular weight excluding hydrogens is 353 g/mol. The molecule has 0 unspecified atom stereocenters. The van der Waals surface area contributed by atoms with Gasteiger partial charge in [-0.3, -0.25) is 0 Å². The van der Waals surface area contributed by atoms with Crippen molar-refractivity contribution in [2.75, 3.05) is 6.61 Å². The number of esters is 1. The molecule has 10 heteroatoms. The number of aryl methyl sites for hydroxylation is 1. The smallest absolute Gasteiger partial charge is 0.433 e. The quantitative estimate of drug-likeness (QED) is 0.698.